The molecule has 5 nitrogen and oxygen atoms in total. The first-order valence-electron chi connectivity index (χ1n) is 3.99. The summed E-state index contributed by atoms with van der Waals surface area (Å²) in [5.41, 5.74) is 6.72. The molecule has 1 rings (SSSR count). The highest BCUT2D eigenvalue weighted by molar-refractivity contribution is 5.94. The van der Waals surface area contributed by atoms with Crippen LogP contribution >= 0.6 is 0 Å². The van der Waals surface area contributed by atoms with Crippen LogP contribution in [0, 0.1) is 5.41 Å². The second-order valence-electron chi connectivity index (χ2n) is 2.77. The number of amides is 1. The average Bonchev–Trinajstić information content (AvgIpc) is 2.15. The standard InChI is InChI=1S/C9H11N3O2/c10-8(11)7-3-1-6(2-4-7)5-12-9(13)14/h1-4,12H,5H2,(H3,10,11)(H,13,14). The van der Waals surface area contributed by atoms with Gasteiger partial charge in [-0.2, -0.15) is 0 Å². The van der Waals surface area contributed by atoms with Crippen molar-refractivity contribution < 1.29 is 9.90 Å². The molecule has 0 aliphatic carbocycles. The number of carbonyl (C=O) groups is 1. The normalized spacial score (nSPS) is 9.43. The van der Waals surface area contributed by atoms with Crippen molar-refractivity contribution in [2.75, 3.05) is 0 Å². The minimum absolute atomic E-state index is 0.00254. The van der Waals surface area contributed by atoms with Crippen molar-refractivity contribution >= 4 is 11.9 Å². The summed E-state index contributed by atoms with van der Waals surface area (Å²) in [7, 11) is 0. The van der Waals surface area contributed by atoms with Gasteiger partial charge >= 0.3 is 6.09 Å². The number of nitrogen functional groups attached to an aromatic ring is 1. The van der Waals surface area contributed by atoms with E-state index < -0.39 is 6.09 Å². The molecule has 0 aliphatic rings. The molecule has 0 atom stereocenters. The molecule has 0 saturated heterocycles. The van der Waals surface area contributed by atoms with Gasteiger partial charge in [-0.15, -0.1) is 0 Å². The largest absolute Gasteiger partial charge is 0.465 e. The highest BCUT2D eigenvalue weighted by atomic mass is 16.4. The molecular weight excluding hydrogens is 182 g/mol. The predicted octanol–water partition coefficient (Wildman–Crippen LogP) is 0.738. The molecule has 5 heteroatoms. The van der Waals surface area contributed by atoms with Gasteiger partial charge in [-0.25, -0.2) is 4.79 Å². The summed E-state index contributed by atoms with van der Waals surface area (Å²) in [6, 6.07) is 6.82. The van der Waals surface area contributed by atoms with Gasteiger partial charge < -0.3 is 16.2 Å². The minimum Gasteiger partial charge on any atom is -0.465 e. The minimum atomic E-state index is -1.05. The van der Waals surface area contributed by atoms with E-state index in [1.807, 2.05) is 0 Å². The van der Waals surface area contributed by atoms with Crippen molar-refractivity contribution in [2.24, 2.45) is 5.73 Å². The van der Waals surface area contributed by atoms with Crippen LogP contribution in [0.4, 0.5) is 4.79 Å². The van der Waals surface area contributed by atoms with E-state index in [0.717, 1.165) is 5.56 Å². The predicted molar refractivity (Wildman–Crippen MR) is 52.3 cm³/mol. The van der Waals surface area contributed by atoms with Gasteiger partial charge in [0.15, 0.2) is 0 Å². The van der Waals surface area contributed by atoms with E-state index in [2.05, 4.69) is 5.32 Å². The smallest absolute Gasteiger partial charge is 0.404 e. The zero-order chi connectivity index (χ0) is 10.6. The molecule has 0 aromatic heterocycles. The van der Waals surface area contributed by atoms with Gasteiger partial charge in [0, 0.05) is 12.1 Å². The topological polar surface area (TPSA) is 99.2 Å². The average molecular weight is 193 g/mol. The quantitative estimate of drug-likeness (QED) is 0.420. The second kappa shape index (κ2) is 4.27. The van der Waals surface area contributed by atoms with Gasteiger partial charge in [-0.05, 0) is 5.56 Å². The summed E-state index contributed by atoms with van der Waals surface area (Å²) >= 11 is 0. The zero-order valence-electron chi connectivity index (χ0n) is 7.45. The Balaban J connectivity index is 2.64. The lowest BCUT2D eigenvalue weighted by atomic mass is 10.1. The lowest BCUT2D eigenvalue weighted by Gasteiger charge is -2.02. The van der Waals surface area contributed by atoms with E-state index in [4.69, 9.17) is 16.2 Å². The first kappa shape index (κ1) is 10.0. The Hall–Kier alpha value is -2.04. The molecule has 0 unspecified atom stereocenters. The highest BCUT2D eigenvalue weighted by Crippen LogP contribution is 2.03. The third kappa shape index (κ3) is 2.78. The van der Waals surface area contributed by atoms with Gasteiger partial charge in [-0.3, -0.25) is 5.41 Å². The number of carboxylic acid groups (broad SMARTS) is 1. The number of amidine groups is 1. The summed E-state index contributed by atoms with van der Waals surface area (Å²) in [6.07, 6.45) is -1.05. The molecule has 0 aliphatic heterocycles. The van der Waals surface area contributed by atoms with Gasteiger partial charge in [0.1, 0.15) is 5.84 Å². The van der Waals surface area contributed by atoms with Crippen LogP contribution in [0.15, 0.2) is 24.3 Å². The maximum absolute atomic E-state index is 10.2. The Kier molecular flexibility index (Phi) is 3.06. The molecule has 0 spiro atoms. The van der Waals surface area contributed by atoms with E-state index in [9.17, 15) is 4.79 Å². The summed E-state index contributed by atoms with van der Waals surface area (Å²) in [4.78, 5) is 10.2. The molecule has 14 heavy (non-hydrogen) atoms. The molecule has 1 aromatic rings. The Bertz CT molecular complexity index is 346. The number of rotatable bonds is 3. The van der Waals surface area contributed by atoms with E-state index in [0.29, 0.717) is 5.56 Å². The molecular formula is C9H11N3O2. The Morgan fingerprint density at radius 3 is 2.43 bits per heavy atom. The van der Waals surface area contributed by atoms with Crippen LogP contribution < -0.4 is 11.1 Å². The SMILES string of the molecule is N=C(N)c1ccc(CNC(=O)O)cc1. The highest BCUT2D eigenvalue weighted by Gasteiger charge is 1.98. The number of benzene rings is 1. The number of nitrogens with two attached hydrogens (primary N) is 1. The van der Waals surface area contributed by atoms with Crippen molar-refractivity contribution in [1.82, 2.24) is 5.32 Å². The van der Waals surface area contributed by atoms with Gasteiger partial charge in [0.25, 0.3) is 0 Å². The Morgan fingerprint density at radius 1 is 1.43 bits per heavy atom. The maximum Gasteiger partial charge on any atom is 0.404 e. The van der Waals surface area contributed by atoms with Crippen molar-refractivity contribution in [3.05, 3.63) is 35.4 Å². The van der Waals surface area contributed by atoms with Crippen LogP contribution in [-0.2, 0) is 6.54 Å². The summed E-state index contributed by atoms with van der Waals surface area (Å²) < 4.78 is 0. The van der Waals surface area contributed by atoms with E-state index >= 15 is 0 Å². The molecule has 5 N–H and O–H groups in total. The van der Waals surface area contributed by atoms with Crippen molar-refractivity contribution in [1.29, 1.82) is 5.41 Å². The molecule has 1 amide bonds. The Morgan fingerprint density at radius 2 is 2.00 bits per heavy atom. The van der Waals surface area contributed by atoms with Gasteiger partial charge in [-0.1, -0.05) is 24.3 Å². The monoisotopic (exact) mass is 193 g/mol. The maximum atomic E-state index is 10.2. The Labute approximate surface area is 81.1 Å². The summed E-state index contributed by atoms with van der Waals surface area (Å²) in [5, 5.41) is 17.7. The van der Waals surface area contributed by atoms with E-state index in [1.54, 1.807) is 24.3 Å². The number of hydrogen-bond acceptors (Lipinski definition) is 2. The van der Waals surface area contributed by atoms with Crippen molar-refractivity contribution in [3.63, 3.8) is 0 Å². The van der Waals surface area contributed by atoms with E-state index in [1.165, 1.54) is 0 Å². The first-order chi connectivity index (χ1) is 6.59. The van der Waals surface area contributed by atoms with Crippen LogP contribution in [0.1, 0.15) is 11.1 Å². The molecule has 74 valence electrons. The molecule has 0 saturated carbocycles. The van der Waals surface area contributed by atoms with Crippen LogP contribution in [-0.4, -0.2) is 17.0 Å². The van der Waals surface area contributed by atoms with Crippen molar-refractivity contribution in [2.45, 2.75) is 6.54 Å². The second-order valence-corrected chi connectivity index (χ2v) is 2.77. The number of nitrogens with one attached hydrogen (secondary N) is 2. The summed E-state index contributed by atoms with van der Waals surface area (Å²) in [6.45, 7) is 0.257. The lowest BCUT2D eigenvalue weighted by Crippen LogP contribution is -2.20. The van der Waals surface area contributed by atoms with Gasteiger partial charge in [0.05, 0.1) is 0 Å². The first-order valence-corrected chi connectivity index (χ1v) is 3.99. The lowest BCUT2D eigenvalue weighted by molar-refractivity contribution is 0.194. The molecule has 1 aromatic carbocycles. The fraction of sp³-hybridized carbons (Fsp3) is 0.111. The third-order valence-electron chi connectivity index (χ3n) is 1.71. The van der Waals surface area contributed by atoms with Crippen LogP contribution in [0.25, 0.3) is 0 Å². The fourth-order valence-electron chi connectivity index (χ4n) is 0.980. The summed E-state index contributed by atoms with van der Waals surface area (Å²) in [5.74, 6) is 0.00254. The van der Waals surface area contributed by atoms with Crippen LogP contribution in [0.5, 0.6) is 0 Å². The van der Waals surface area contributed by atoms with Gasteiger partial charge in [0.2, 0.25) is 0 Å². The van der Waals surface area contributed by atoms with Crippen LogP contribution in [0.3, 0.4) is 0 Å². The number of hydrogen-bond donors (Lipinski definition) is 4. The molecule has 0 heterocycles. The molecule has 0 radical (unpaired) electrons. The molecule has 0 fully saturated rings. The molecule has 0 bridgehead atoms. The van der Waals surface area contributed by atoms with Crippen molar-refractivity contribution in [3.8, 4) is 0 Å². The zero-order valence-corrected chi connectivity index (χ0v) is 7.45. The van der Waals surface area contributed by atoms with Crippen LogP contribution in [0.2, 0.25) is 0 Å². The third-order valence-corrected chi connectivity index (χ3v) is 1.71. The van der Waals surface area contributed by atoms with E-state index in [-0.39, 0.29) is 12.4 Å². The fourth-order valence-corrected chi connectivity index (χ4v) is 0.980.